The van der Waals surface area contributed by atoms with Gasteiger partial charge in [-0.3, -0.25) is 10.1 Å². The third kappa shape index (κ3) is 2.03. The first-order valence-electron chi connectivity index (χ1n) is 5.71. The minimum absolute atomic E-state index is 0.268. The monoisotopic (exact) mass is 248 g/mol. The van der Waals surface area contributed by atoms with Crippen LogP contribution in [0.5, 0.6) is 5.75 Å². The molecule has 0 atom stereocenters. The molecule has 1 heterocycles. The molecule has 1 saturated heterocycles. The minimum atomic E-state index is -0.819. The fourth-order valence-electron chi connectivity index (χ4n) is 1.92. The first-order chi connectivity index (χ1) is 8.45. The van der Waals surface area contributed by atoms with Crippen LogP contribution in [0, 0.1) is 0 Å². The third-order valence-electron chi connectivity index (χ3n) is 3.17. The predicted octanol–water partition coefficient (Wildman–Crippen LogP) is 1.53. The Balaban J connectivity index is 2.23. The lowest BCUT2D eigenvalue weighted by Gasteiger charge is -2.27. The van der Waals surface area contributed by atoms with Crippen LogP contribution in [0.25, 0.3) is 0 Å². The van der Waals surface area contributed by atoms with Crippen LogP contribution in [0.1, 0.15) is 19.4 Å². The number of hydrogen-bond acceptors (Lipinski definition) is 3. The number of ether oxygens (including phenoxy) is 1. The molecule has 0 spiro atoms. The number of methoxy groups -OCH3 is 1. The van der Waals surface area contributed by atoms with Crippen molar-refractivity contribution in [1.29, 1.82) is 0 Å². The molecule has 0 aromatic heterocycles. The first-order valence-corrected chi connectivity index (χ1v) is 5.71. The van der Waals surface area contributed by atoms with E-state index in [9.17, 15) is 9.59 Å². The zero-order valence-corrected chi connectivity index (χ0v) is 10.7. The molecular formula is C13H16N2O3. The highest BCUT2D eigenvalue weighted by Crippen LogP contribution is 2.24. The number of rotatable bonds is 3. The molecule has 0 saturated carbocycles. The van der Waals surface area contributed by atoms with Crippen molar-refractivity contribution in [1.82, 2.24) is 10.2 Å². The fourth-order valence-corrected chi connectivity index (χ4v) is 1.92. The van der Waals surface area contributed by atoms with Crippen LogP contribution >= 0.6 is 0 Å². The Labute approximate surface area is 106 Å². The molecule has 0 radical (unpaired) electrons. The maximum absolute atomic E-state index is 11.7. The molecular weight excluding hydrogens is 232 g/mol. The molecule has 96 valence electrons. The number of benzene rings is 1. The van der Waals surface area contributed by atoms with Gasteiger partial charge in [0.05, 0.1) is 7.11 Å². The van der Waals surface area contributed by atoms with Gasteiger partial charge in [0.2, 0.25) is 0 Å². The molecule has 2 rings (SSSR count). The van der Waals surface area contributed by atoms with Crippen molar-refractivity contribution >= 4 is 11.9 Å². The highest BCUT2D eigenvalue weighted by Gasteiger charge is 2.45. The average Bonchev–Trinajstić information content (AvgIpc) is 2.52. The lowest BCUT2D eigenvalue weighted by Crippen LogP contribution is -2.43. The molecule has 1 aromatic rings. The third-order valence-corrected chi connectivity index (χ3v) is 3.17. The molecule has 1 aromatic carbocycles. The Morgan fingerprint density at radius 3 is 2.61 bits per heavy atom. The number of imide groups is 1. The van der Waals surface area contributed by atoms with Crippen LogP contribution in [-0.4, -0.2) is 29.5 Å². The second kappa shape index (κ2) is 4.33. The van der Waals surface area contributed by atoms with Gasteiger partial charge in [0.1, 0.15) is 11.3 Å². The molecule has 0 unspecified atom stereocenters. The predicted molar refractivity (Wildman–Crippen MR) is 66.2 cm³/mol. The summed E-state index contributed by atoms with van der Waals surface area (Å²) in [6.45, 7) is 3.84. The molecule has 0 aliphatic carbocycles. The van der Waals surface area contributed by atoms with Crippen molar-refractivity contribution in [3.05, 3.63) is 29.8 Å². The van der Waals surface area contributed by atoms with Gasteiger partial charge in [-0.2, -0.15) is 0 Å². The van der Waals surface area contributed by atoms with Gasteiger partial charge in [0.15, 0.2) is 0 Å². The quantitative estimate of drug-likeness (QED) is 0.825. The standard InChI is InChI=1S/C13H16N2O3/c1-13(2)11(16)14-12(17)15(13)8-9-5-4-6-10(7-9)18-3/h4-7H,8H2,1-3H3,(H,14,16,17). The molecule has 1 aliphatic rings. The van der Waals surface area contributed by atoms with E-state index in [0.29, 0.717) is 6.54 Å². The summed E-state index contributed by atoms with van der Waals surface area (Å²) in [5.74, 6) is 0.464. The van der Waals surface area contributed by atoms with Gasteiger partial charge in [-0.1, -0.05) is 12.1 Å². The molecule has 5 heteroatoms. The molecule has 1 fully saturated rings. The van der Waals surface area contributed by atoms with E-state index in [-0.39, 0.29) is 11.9 Å². The number of urea groups is 1. The van der Waals surface area contributed by atoms with E-state index in [0.717, 1.165) is 11.3 Å². The Morgan fingerprint density at radius 2 is 2.06 bits per heavy atom. The van der Waals surface area contributed by atoms with Crippen LogP contribution in [-0.2, 0) is 11.3 Å². The van der Waals surface area contributed by atoms with Crippen LogP contribution in [0.3, 0.4) is 0 Å². The Kier molecular flexibility index (Phi) is 2.98. The summed E-state index contributed by atoms with van der Waals surface area (Å²) >= 11 is 0. The average molecular weight is 248 g/mol. The van der Waals surface area contributed by atoms with E-state index in [1.807, 2.05) is 24.3 Å². The van der Waals surface area contributed by atoms with Gasteiger partial charge >= 0.3 is 6.03 Å². The van der Waals surface area contributed by atoms with E-state index >= 15 is 0 Å². The topological polar surface area (TPSA) is 58.6 Å². The van der Waals surface area contributed by atoms with Crippen LogP contribution in [0.4, 0.5) is 4.79 Å². The summed E-state index contributed by atoms with van der Waals surface area (Å²) in [5.41, 5.74) is 0.104. The molecule has 5 nitrogen and oxygen atoms in total. The molecule has 0 bridgehead atoms. The minimum Gasteiger partial charge on any atom is -0.497 e. The zero-order chi connectivity index (χ0) is 13.3. The van der Waals surface area contributed by atoms with Crippen molar-refractivity contribution in [3.63, 3.8) is 0 Å². The second-order valence-corrected chi connectivity index (χ2v) is 4.76. The molecule has 3 amide bonds. The van der Waals surface area contributed by atoms with Gasteiger partial charge in [0, 0.05) is 6.54 Å². The highest BCUT2D eigenvalue weighted by atomic mass is 16.5. The van der Waals surface area contributed by atoms with Crippen LogP contribution < -0.4 is 10.1 Å². The largest absolute Gasteiger partial charge is 0.497 e. The summed E-state index contributed by atoms with van der Waals surface area (Å²) in [6, 6.07) is 7.09. The number of carbonyl (C=O) groups is 2. The van der Waals surface area contributed by atoms with Gasteiger partial charge in [-0.15, -0.1) is 0 Å². The van der Waals surface area contributed by atoms with E-state index in [1.165, 1.54) is 4.90 Å². The van der Waals surface area contributed by atoms with E-state index < -0.39 is 5.54 Å². The maximum atomic E-state index is 11.7. The first kappa shape index (κ1) is 12.4. The number of nitrogens with one attached hydrogen (secondary N) is 1. The summed E-state index contributed by atoms with van der Waals surface area (Å²) < 4.78 is 5.13. The van der Waals surface area contributed by atoms with E-state index in [1.54, 1.807) is 21.0 Å². The Bertz CT molecular complexity index is 497. The normalized spacial score (nSPS) is 17.8. The van der Waals surface area contributed by atoms with Gasteiger partial charge in [0.25, 0.3) is 5.91 Å². The SMILES string of the molecule is COc1cccc(CN2C(=O)NC(=O)C2(C)C)c1. The van der Waals surface area contributed by atoms with Crippen LogP contribution in [0.15, 0.2) is 24.3 Å². The van der Waals surface area contributed by atoms with Crippen molar-refractivity contribution in [2.24, 2.45) is 0 Å². The number of hydrogen-bond donors (Lipinski definition) is 1. The number of nitrogens with zero attached hydrogens (tertiary/aromatic N) is 1. The summed E-state index contributed by atoms with van der Waals surface area (Å²) in [7, 11) is 1.59. The lowest BCUT2D eigenvalue weighted by molar-refractivity contribution is -0.125. The highest BCUT2D eigenvalue weighted by molar-refractivity contribution is 6.06. The smallest absolute Gasteiger partial charge is 0.325 e. The summed E-state index contributed by atoms with van der Waals surface area (Å²) in [6.07, 6.45) is 0. The van der Waals surface area contributed by atoms with Gasteiger partial charge < -0.3 is 9.64 Å². The van der Waals surface area contributed by atoms with Crippen molar-refractivity contribution < 1.29 is 14.3 Å². The van der Waals surface area contributed by atoms with Crippen molar-refractivity contribution in [3.8, 4) is 5.75 Å². The van der Waals surface area contributed by atoms with Crippen molar-refractivity contribution in [2.45, 2.75) is 25.9 Å². The van der Waals surface area contributed by atoms with E-state index in [4.69, 9.17) is 4.74 Å². The van der Waals surface area contributed by atoms with Gasteiger partial charge in [-0.05, 0) is 31.5 Å². The Morgan fingerprint density at radius 1 is 1.33 bits per heavy atom. The Hall–Kier alpha value is -2.04. The fraction of sp³-hybridized carbons (Fsp3) is 0.385. The molecule has 1 aliphatic heterocycles. The molecule has 18 heavy (non-hydrogen) atoms. The number of carbonyl (C=O) groups excluding carboxylic acids is 2. The van der Waals surface area contributed by atoms with E-state index in [2.05, 4.69) is 5.32 Å². The summed E-state index contributed by atoms with van der Waals surface area (Å²) in [5, 5.41) is 2.32. The second-order valence-electron chi connectivity index (χ2n) is 4.76. The lowest BCUT2D eigenvalue weighted by atomic mass is 10.0. The summed E-state index contributed by atoms with van der Waals surface area (Å²) in [4.78, 5) is 24.9. The van der Waals surface area contributed by atoms with Gasteiger partial charge in [-0.25, -0.2) is 4.79 Å². The molecule has 1 N–H and O–H groups in total. The number of amides is 3. The van der Waals surface area contributed by atoms with Crippen molar-refractivity contribution in [2.75, 3.05) is 7.11 Å². The van der Waals surface area contributed by atoms with Crippen LogP contribution in [0.2, 0.25) is 0 Å². The zero-order valence-electron chi connectivity index (χ0n) is 10.7. The maximum Gasteiger partial charge on any atom is 0.325 e.